The lowest BCUT2D eigenvalue weighted by Gasteiger charge is -2.38. The quantitative estimate of drug-likeness (QED) is 0.424. The molecule has 1 heterocycles. The smallest absolute Gasteiger partial charge is 0.192 e. The summed E-state index contributed by atoms with van der Waals surface area (Å²) in [5, 5.41) is 0.252. The minimum atomic E-state index is -1.67. The summed E-state index contributed by atoms with van der Waals surface area (Å²) in [6.07, 6.45) is 1.52. The first-order chi connectivity index (χ1) is 6.76. The van der Waals surface area contributed by atoms with Gasteiger partial charge in [0.2, 0.25) is 0 Å². The van der Waals surface area contributed by atoms with Gasteiger partial charge in [-0.05, 0) is 18.1 Å². The minimum absolute atomic E-state index is 0.167. The Morgan fingerprint density at radius 3 is 2.33 bits per heavy atom. The van der Waals surface area contributed by atoms with Crippen molar-refractivity contribution in [3.05, 3.63) is 0 Å². The molecule has 1 unspecified atom stereocenters. The maximum atomic E-state index is 6.23. The van der Waals surface area contributed by atoms with E-state index in [4.69, 9.17) is 20.8 Å². The van der Waals surface area contributed by atoms with E-state index in [0.29, 0.717) is 12.0 Å². The van der Waals surface area contributed by atoms with Gasteiger partial charge in [-0.2, -0.15) is 0 Å². The van der Waals surface area contributed by atoms with E-state index < -0.39 is 8.32 Å². The maximum absolute atomic E-state index is 6.23. The Kier molecular flexibility index (Phi) is 4.26. The van der Waals surface area contributed by atoms with E-state index in [2.05, 4.69) is 33.9 Å². The molecule has 1 aliphatic heterocycles. The van der Waals surface area contributed by atoms with Crippen LogP contribution in [-0.2, 0) is 9.16 Å². The molecule has 0 aromatic carbocycles. The largest absolute Gasteiger partial charge is 0.413 e. The van der Waals surface area contributed by atoms with Gasteiger partial charge in [0, 0.05) is 12.3 Å². The third-order valence-electron chi connectivity index (χ3n) is 3.37. The Bertz CT molecular complexity index is 209. The number of alkyl halides is 1. The zero-order valence-electron chi connectivity index (χ0n) is 10.5. The predicted molar refractivity (Wildman–Crippen MR) is 67.1 cm³/mol. The van der Waals surface area contributed by atoms with Gasteiger partial charge in [0.25, 0.3) is 0 Å². The standard InChI is InChI=1S/C11H23ClO2Si/c1-11(2,3)15(4,5)14-9(7-12)6-10-8-13-10/h9-10H,6-8H2,1-5H3/t9-,10?/m1/s1. The fourth-order valence-corrected chi connectivity index (χ4v) is 2.89. The number of halogens is 1. The van der Waals surface area contributed by atoms with Gasteiger partial charge < -0.3 is 9.16 Å². The highest BCUT2D eigenvalue weighted by Gasteiger charge is 2.40. The van der Waals surface area contributed by atoms with Crippen molar-refractivity contribution in [1.29, 1.82) is 0 Å². The van der Waals surface area contributed by atoms with Crippen LogP contribution in [-0.4, -0.2) is 33.0 Å². The third-order valence-corrected chi connectivity index (χ3v) is 8.25. The first kappa shape index (κ1) is 13.5. The van der Waals surface area contributed by atoms with Crippen molar-refractivity contribution in [1.82, 2.24) is 0 Å². The second kappa shape index (κ2) is 4.74. The van der Waals surface area contributed by atoms with Crippen LogP contribution in [0.2, 0.25) is 18.1 Å². The minimum Gasteiger partial charge on any atom is -0.413 e. The van der Waals surface area contributed by atoms with Crippen molar-refractivity contribution in [2.75, 3.05) is 12.5 Å². The van der Waals surface area contributed by atoms with Crippen molar-refractivity contribution >= 4 is 19.9 Å². The second-order valence-electron chi connectivity index (χ2n) is 5.85. The number of epoxide rings is 1. The highest BCUT2D eigenvalue weighted by atomic mass is 35.5. The van der Waals surface area contributed by atoms with Gasteiger partial charge >= 0.3 is 0 Å². The van der Waals surface area contributed by atoms with Gasteiger partial charge in [-0.1, -0.05) is 20.8 Å². The Hall–Kier alpha value is 0.427. The molecule has 2 nitrogen and oxygen atoms in total. The molecule has 0 aromatic heterocycles. The Morgan fingerprint density at radius 2 is 2.00 bits per heavy atom. The fourth-order valence-electron chi connectivity index (χ4n) is 1.23. The lowest BCUT2D eigenvalue weighted by molar-refractivity contribution is 0.178. The molecule has 1 fully saturated rings. The van der Waals surface area contributed by atoms with E-state index >= 15 is 0 Å². The van der Waals surface area contributed by atoms with E-state index in [1.807, 2.05) is 0 Å². The Labute approximate surface area is 99.4 Å². The monoisotopic (exact) mass is 250 g/mol. The van der Waals surface area contributed by atoms with Crippen molar-refractivity contribution in [3.63, 3.8) is 0 Å². The van der Waals surface area contributed by atoms with Crippen LogP contribution in [0.15, 0.2) is 0 Å². The Balaban J connectivity index is 2.48. The van der Waals surface area contributed by atoms with E-state index in [9.17, 15) is 0 Å². The zero-order chi connectivity index (χ0) is 11.7. The summed E-state index contributed by atoms with van der Waals surface area (Å²) < 4.78 is 11.4. The molecule has 4 heteroatoms. The predicted octanol–water partition coefficient (Wildman–Crippen LogP) is 3.40. The summed E-state index contributed by atoms with van der Waals surface area (Å²) in [7, 11) is -1.67. The lowest BCUT2D eigenvalue weighted by atomic mass is 10.2. The topological polar surface area (TPSA) is 21.8 Å². The number of ether oxygens (including phenoxy) is 1. The van der Waals surface area contributed by atoms with Gasteiger partial charge in [0.05, 0.1) is 18.8 Å². The number of rotatable bonds is 5. The first-order valence-corrected chi connectivity index (χ1v) is 9.06. The lowest BCUT2D eigenvalue weighted by Crippen LogP contribution is -2.44. The second-order valence-corrected chi connectivity index (χ2v) is 10.9. The molecule has 0 bridgehead atoms. The van der Waals surface area contributed by atoms with Gasteiger partial charge in [0.1, 0.15) is 0 Å². The summed E-state index contributed by atoms with van der Waals surface area (Å²) in [6, 6.07) is 0. The molecule has 0 aromatic rings. The van der Waals surface area contributed by atoms with Gasteiger partial charge in [-0.25, -0.2) is 0 Å². The summed E-state index contributed by atoms with van der Waals surface area (Å²) in [5.41, 5.74) is 0. The van der Waals surface area contributed by atoms with E-state index in [-0.39, 0.29) is 11.1 Å². The summed E-state index contributed by atoms with van der Waals surface area (Å²) >= 11 is 5.94. The van der Waals surface area contributed by atoms with Crippen LogP contribution in [0.4, 0.5) is 0 Å². The Morgan fingerprint density at radius 1 is 1.47 bits per heavy atom. The maximum Gasteiger partial charge on any atom is 0.192 e. The highest BCUT2D eigenvalue weighted by Crippen LogP contribution is 2.38. The van der Waals surface area contributed by atoms with Crippen LogP contribution in [0.1, 0.15) is 27.2 Å². The van der Waals surface area contributed by atoms with Crippen molar-refractivity contribution in [2.24, 2.45) is 0 Å². The molecular formula is C11H23ClO2Si. The van der Waals surface area contributed by atoms with E-state index in [1.165, 1.54) is 0 Å². The summed E-state index contributed by atoms with van der Waals surface area (Å²) in [4.78, 5) is 0. The van der Waals surface area contributed by atoms with Crippen LogP contribution in [0, 0.1) is 0 Å². The molecule has 0 N–H and O–H groups in total. The van der Waals surface area contributed by atoms with E-state index in [0.717, 1.165) is 13.0 Å². The zero-order valence-corrected chi connectivity index (χ0v) is 12.2. The van der Waals surface area contributed by atoms with Gasteiger partial charge in [-0.3, -0.25) is 0 Å². The summed E-state index contributed by atoms with van der Waals surface area (Å²) in [6.45, 7) is 12.2. The van der Waals surface area contributed by atoms with Crippen LogP contribution in [0.25, 0.3) is 0 Å². The van der Waals surface area contributed by atoms with Crippen molar-refractivity contribution in [3.8, 4) is 0 Å². The normalized spacial score (nSPS) is 24.0. The molecule has 0 amide bonds. The molecule has 15 heavy (non-hydrogen) atoms. The van der Waals surface area contributed by atoms with Crippen LogP contribution >= 0.6 is 11.6 Å². The average molecular weight is 251 g/mol. The molecule has 2 atom stereocenters. The molecule has 0 aliphatic carbocycles. The van der Waals surface area contributed by atoms with Crippen LogP contribution in [0.3, 0.4) is 0 Å². The molecular weight excluding hydrogens is 228 g/mol. The third kappa shape index (κ3) is 4.06. The van der Waals surface area contributed by atoms with Crippen molar-refractivity contribution in [2.45, 2.75) is 57.5 Å². The average Bonchev–Trinajstić information content (AvgIpc) is 2.84. The number of hydrogen-bond donors (Lipinski definition) is 0. The number of hydrogen-bond acceptors (Lipinski definition) is 2. The van der Waals surface area contributed by atoms with Crippen LogP contribution in [0.5, 0.6) is 0 Å². The molecule has 1 rings (SSSR count). The molecule has 0 saturated carbocycles. The molecule has 1 saturated heterocycles. The fraction of sp³-hybridized carbons (Fsp3) is 1.00. The van der Waals surface area contributed by atoms with Crippen molar-refractivity contribution < 1.29 is 9.16 Å². The van der Waals surface area contributed by atoms with Gasteiger partial charge in [0.15, 0.2) is 8.32 Å². The molecule has 0 radical (unpaired) electrons. The van der Waals surface area contributed by atoms with E-state index in [1.54, 1.807) is 0 Å². The molecule has 1 aliphatic rings. The van der Waals surface area contributed by atoms with Gasteiger partial charge in [-0.15, -0.1) is 11.6 Å². The molecule has 90 valence electrons. The summed E-state index contributed by atoms with van der Waals surface area (Å²) in [5.74, 6) is 0.576. The highest BCUT2D eigenvalue weighted by molar-refractivity contribution is 6.74. The van der Waals surface area contributed by atoms with Crippen LogP contribution < -0.4 is 0 Å². The SMILES string of the molecule is CC(C)(C)[Si](C)(C)O[C@@H](CCl)CC1CO1. The first-order valence-electron chi connectivity index (χ1n) is 5.61. The molecule has 0 spiro atoms.